The van der Waals surface area contributed by atoms with Crippen LogP contribution < -0.4 is 11.1 Å². The van der Waals surface area contributed by atoms with Crippen LogP contribution in [0.25, 0.3) is 0 Å². The van der Waals surface area contributed by atoms with Crippen LogP contribution in [-0.4, -0.2) is 18.0 Å². The lowest BCUT2D eigenvalue weighted by Gasteiger charge is -2.33. The first kappa shape index (κ1) is 18.9. The molecule has 0 aliphatic rings. The largest absolute Gasteiger partial charge is 0.349 e. The molecule has 114 valence electrons. The van der Waals surface area contributed by atoms with Crippen molar-refractivity contribution < 1.29 is 4.79 Å². The van der Waals surface area contributed by atoms with Gasteiger partial charge >= 0.3 is 0 Å². The van der Waals surface area contributed by atoms with Crippen LogP contribution in [0, 0.1) is 19.8 Å². The molecule has 0 fully saturated rings. The lowest BCUT2D eigenvalue weighted by Crippen LogP contribution is -2.55. The molecule has 20 heavy (non-hydrogen) atoms. The fraction of sp³-hybridized carbons (Fsp3) is 0.562. The molecule has 1 aromatic rings. The standard InChI is InChI=1S/C16H26N2O.ClH/c1-11(2)16(5,10-17)18-15(19)9-14-8-12(3)6-7-13(14)4;/h6-8,11H,9-10,17H2,1-5H3,(H,18,19);1H. The minimum atomic E-state index is -0.338. The summed E-state index contributed by atoms with van der Waals surface area (Å²) in [6.07, 6.45) is 0.413. The van der Waals surface area contributed by atoms with Crippen molar-refractivity contribution in [3.8, 4) is 0 Å². The minimum absolute atomic E-state index is 0. The lowest BCUT2D eigenvalue weighted by atomic mass is 9.88. The average molecular weight is 299 g/mol. The summed E-state index contributed by atoms with van der Waals surface area (Å²) in [7, 11) is 0. The third-order valence-corrected chi connectivity index (χ3v) is 3.98. The molecule has 1 unspecified atom stereocenters. The monoisotopic (exact) mass is 298 g/mol. The van der Waals surface area contributed by atoms with Crippen molar-refractivity contribution >= 4 is 18.3 Å². The van der Waals surface area contributed by atoms with E-state index in [-0.39, 0.29) is 23.9 Å². The lowest BCUT2D eigenvalue weighted by molar-refractivity contribution is -0.122. The van der Waals surface area contributed by atoms with Gasteiger partial charge in [-0.3, -0.25) is 4.79 Å². The predicted octanol–water partition coefficient (Wildman–Crippen LogP) is 2.76. The number of benzene rings is 1. The summed E-state index contributed by atoms with van der Waals surface area (Å²) in [5.74, 6) is 0.343. The Kier molecular flexibility index (Phi) is 7.25. The number of hydrogen-bond acceptors (Lipinski definition) is 2. The molecule has 1 aromatic carbocycles. The van der Waals surface area contributed by atoms with Gasteiger partial charge in [0.25, 0.3) is 0 Å². The van der Waals surface area contributed by atoms with Crippen molar-refractivity contribution in [3.63, 3.8) is 0 Å². The summed E-state index contributed by atoms with van der Waals surface area (Å²) in [6.45, 7) is 10.7. The summed E-state index contributed by atoms with van der Waals surface area (Å²) >= 11 is 0. The molecular formula is C16H27ClN2O. The average Bonchev–Trinajstić information content (AvgIpc) is 2.33. The molecule has 1 amide bonds. The van der Waals surface area contributed by atoms with Crippen LogP contribution in [0.15, 0.2) is 18.2 Å². The molecule has 1 rings (SSSR count). The number of halogens is 1. The van der Waals surface area contributed by atoms with Gasteiger partial charge in [-0.25, -0.2) is 0 Å². The highest BCUT2D eigenvalue weighted by Crippen LogP contribution is 2.16. The molecule has 0 aliphatic carbocycles. The molecule has 0 saturated carbocycles. The summed E-state index contributed by atoms with van der Waals surface area (Å²) in [6, 6.07) is 6.20. The first-order valence-electron chi connectivity index (χ1n) is 6.85. The Morgan fingerprint density at radius 3 is 2.45 bits per heavy atom. The smallest absolute Gasteiger partial charge is 0.224 e. The quantitative estimate of drug-likeness (QED) is 0.878. The van der Waals surface area contributed by atoms with E-state index in [4.69, 9.17) is 5.73 Å². The van der Waals surface area contributed by atoms with Gasteiger partial charge in [0.1, 0.15) is 0 Å². The van der Waals surface area contributed by atoms with Crippen molar-refractivity contribution in [2.75, 3.05) is 6.54 Å². The zero-order valence-corrected chi connectivity index (χ0v) is 13.9. The van der Waals surface area contributed by atoms with Gasteiger partial charge in [0, 0.05) is 6.54 Å². The van der Waals surface area contributed by atoms with E-state index in [0.717, 1.165) is 11.1 Å². The number of amides is 1. The number of aryl methyl sites for hydroxylation is 2. The van der Waals surface area contributed by atoms with Gasteiger partial charge in [-0.2, -0.15) is 0 Å². The van der Waals surface area contributed by atoms with Crippen LogP contribution >= 0.6 is 12.4 Å². The fourth-order valence-electron chi connectivity index (χ4n) is 1.96. The van der Waals surface area contributed by atoms with Gasteiger partial charge in [0.05, 0.1) is 12.0 Å². The van der Waals surface area contributed by atoms with Crippen molar-refractivity contribution in [1.82, 2.24) is 5.32 Å². The van der Waals surface area contributed by atoms with Crippen LogP contribution in [0.4, 0.5) is 0 Å². The molecule has 0 saturated heterocycles. The SMILES string of the molecule is Cc1ccc(C)c(CC(=O)NC(C)(CN)C(C)C)c1.Cl. The number of carbonyl (C=O) groups excluding carboxylic acids is 1. The van der Waals surface area contributed by atoms with Crippen LogP contribution in [0.5, 0.6) is 0 Å². The maximum Gasteiger partial charge on any atom is 0.224 e. The highest BCUT2D eigenvalue weighted by Gasteiger charge is 2.28. The molecule has 3 N–H and O–H groups in total. The molecule has 0 bridgehead atoms. The first-order valence-corrected chi connectivity index (χ1v) is 6.85. The van der Waals surface area contributed by atoms with E-state index in [0.29, 0.717) is 18.9 Å². The topological polar surface area (TPSA) is 55.1 Å². The van der Waals surface area contributed by atoms with Gasteiger partial charge < -0.3 is 11.1 Å². The van der Waals surface area contributed by atoms with Crippen molar-refractivity contribution in [1.29, 1.82) is 0 Å². The Labute approximate surface area is 128 Å². The van der Waals surface area contributed by atoms with Crippen molar-refractivity contribution in [2.45, 2.75) is 46.6 Å². The molecule has 0 heterocycles. The summed E-state index contributed by atoms with van der Waals surface area (Å²) in [5, 5.41) is 3.07. The Balaban J connectivity index is 0.00000361. The van der Waals surface area contributed by atoms with Crippen LogP contribution in [-0.2, 0) is 11.2 Å². The van der Waals surface area contributed by atoms with Gasteiger partial charge in [0.15, 0.2) is 0 Å². The maximum absolute atomic E-state index is 12.2. The Bertz CT molecular complexity index is 460. The van der Waals surface area contributed by atoms with Crippen molar-refractivity contribution in [2.24, 2.45) is 11.7 Å². The second-order valence-electron chi connectivity index (χ2n) is 5.93. The highest BCUT2D eigenvalue weighted by atomic mass is 35.5. The van der Waals surface area contributed by atoms with Gasteiger partial charge in [-0.05, 0) is 37.8 Å². The number of nitrogens with one attached hydrogen (secondary N) is 1. The number of rotatable bonds is 5. The third-order valence-electron chi connectivity index (χ3n) is 3.98. The van der Waals surface area contributed by atoms with Gasteiger partial charge in [-0.15, -0.1) is 12.4 Å². The van der Waals surface area contributed by atoms with Gasteiger partial charge in [0.2, 0.25) is 5.91 Å². The maximum atomic E-state index is 12.2. The van der Waals surface area contributed by atoms with Crippen molar-refractivity contribution in [3.05, 3.63) is 34.9 Å². The number of nitrogens with two attached hydrogens (primary N) is 1. The zero-order chi connectivity index (χ0) is 14.6. The molecule has 0 spiro atoms. The minimum Gasteiger partial charge on any atom is -0.349 e. The molecule has 0 aromatic heterocycles. The Morgan fingerprint density at radius 1 is 1.35 bits per heavy atom. The fourth-order valence-corrected chi connectivity index (χ4v) is 1.96. The van der Waals surface area contributed by atoms with E-state index < -0.39 is 0 Å². The number of hydrogen-bond donors (Lipinski definition) is 2. The van der Waals surface area contributed by atoms with E-state index in [9.17, 15) is 4.79 Å². The first-order chi connectivity index (χ1) is 8.78. The zero-order valence-electron chi connectivity index (χ0n) is 13.1. The second-order valence-corrected chi connectivity index (χ2v) is 5.93. The molecule has 1 atom stereocenters. The normalized spacial score (nSPS) is 13.6. The predicted molar refractivity (Wildman–Crippen MR) is 87.3 cm³/mol. The molecule has 3 nitrogen and oxygen atoms in total. The van der Waals surface area contributed by atoms with E-state index in [1.165, 1.54) is 5.56 Å². The molecule has 0 aliphatic heterocycles. The van der Waals surface area contributed by atoms with E-state index in [1.807, 2.05) is 20.8 Å². The summed E-state index contributed by atoms with van der Waals surface area (Å²) < 4.78 is 0. The Hall–Kier alpha value is -1.06. The van der Waals surface area contributed by atoms with Crippen LogP contribution in [0.2, 0.25) is 0 Å². The highest BCUT2D eigenvalue weighted by molar-refractivity contribution is 5.85. The summed E-state index contributed by atoms with van der Waals surface area (Å²) in [4.78, 5) is 12.2. The van der Waals surface area contributed by atoms with E-state index in [1.54, 1.807) is 0 Å². The molecular weight excluding hydrogens is 272 g/mol. The van der Waals surface area contributed by atoms with E-state index in [2.05, 4.69) is 37.4 Å². The van der Waals surface area contributed by atoms with E-state index >= 15 is 0 Å². The third kappa shape index (κ3) is 4.80. The second kappa shape index (κ2) is 7.65. The van der Waals surface area contributed by atoms with Crippen LogP contribution in [0.3, 0.4) is 0 Å². The Morgan fingerprint density at radius 2 is 1.95 bits per heavy atom. The van der Waals surface area contributed by atoms with Gasteiger partial charge in [-0.1, -0.05) is 37.6 Å². The number of carbonyl (C=O) groups is 1. The van der Waals surface area contributed by atoms with Crippen LogP contribution in [0.1, 0.15) is 37.5 Å². The molecule has 4 heteroatoms. The summed E-state index contributed by atoms with van der Waals surface area (Å²) in [5.41, 5.74) is 8.87. The molecule has 0 radical (unpaired) electrons.